The molecule has 0 aromatic carbocycles. The average molecular weight is 617 g/mol. The largest absolute Gasteiger partial charge is 0.467 e. The van der Waals surface area contributed by atoms with Gasteiger partial charge in [0.05, 0.1) is 28.4 Å². The van der Waals surface area contributed by atoms with Crippen LogP contribution in [0.4, 0.5) is 11.9 Å². The molecule has 2 aliphatic heterocycles. The molecule has 2 saturated heterocycles. The van der Waals surface area contributed by atoms with Gasteiger partial charge in [-0.3, -0.25) is 0 Å². The van der Waals surface area contributed by atoms with E-state index in [-0.39, 0.29) is 58.3 Å². The van der Waals surface area contributed by atoms with Gasteiger partial charge in [0.2, 0.25) is 11.9 Å². The van der Waals surface area contributed by atoms with Crippen molar-refractivity contribution in [3.63, 3.8) is 0 Å². The van der Waals surface area contributed by atoms with Crippen LogP contribution in [0.25, 0.3) is 0 Å². The summed E-state index contributed by atoms with van der Waals surface area (Å²) < 4.78 is 21.8. The van der Waals surface area contributed by atoms with Crippen molar-refractivity contribution in [2.45, 2.75) is 115 Å². The topological polar surface area (TPSA) is 145 Å². The van der Waals surface area contributed by atoms with Gasteiger partial charge in [0, 0.05) is 47.3 Å². The first-order valence-corrected chi connectivity index (χ1v) is 15.3. The van der Waals surface area contributed by atoms with Crippen LogP contribution >= 0.6 is 0 Å². The molecule has 0 amide bonds. The molecule has 2 aromatic heterocycles. The first-order valence-electron chi connectivity index (χ1n) is 15.3. The number of nitrogens with one attached hydrogen (secondary N) is 2. The molecule has 14 nitrogen and oxygen atoms in total. The maximum atomic E-state index is 5.45. The Morgan fingerprint density at radius 1 is 0.500 bits per heavy atom. The fraction of sp³-hybridized carbons (Fsp3) is 0.800. The molecular weight excluding hydrogens is 564 g/mol. The van der Waals surface area contributed by atoms with E-state index < -0.39 is 0 Å². The normalized spacial score (nSPS) is 20.9. The van der Waals surface area contributed by atoms with E-state index in [4.69, 9.17) is 38.9 Å². The number of ether oxygens (including phenoxy) is 4. The monoisotopic (exact) mass is 616 g/mol. The predicted molar refractivity (Wildman–Crippen MR) is 169 cm³/mol. The molecule has 0 radical (unpaired) electrons. The fourth-order valence-electron chi connectivity index (χ4n) is 7.36. The fourth-order valence-corrected chi connectivity index (χ4v) is 7.36. The minimum Gasteiger partial charge on any atom is -0.467 e. The van der Waals surface area contributed by atoms with Crippen molar-refractivity contribution in [2.24, 2.45) is 0 Å². The van der Waals surface area contributed by atoms with Crippen LogP contribution in [-0.2, 0) is 0 Å². The third kappa shape index (κ3) is 8.26. The van der Waals surface area contributed by atoms with Crippen LogP contribution in [0.3, 0.4) is 0 Å². The number of piperidine rings is 2. The SMILES string of the molecule is COc1nc(OC)nc(N(CCN(c2nc(OC)nc(OC)n2)C2CC(C)(C)NC(C)(C)C2)C2CC(C)(C)NC(C)(C)C2)n1. The zero-order valence-electron chi connectivity index (χ0n) is 28.6. The Labute approximate surface area is 262 Å². The third-order valence-corrected chi connectivity index (χ3v) is 8.21. The number of methoxy groups -OCH3 is 4. The maximum Gasteiger partial charge on any atom is 0.324 e. The lowest BCUT2D eigenvalue weighted by atomic mass is 9.78. The van der Waals surface area contributed by atoms with Gasteiger partial charge in [-0.05, 0) is 81.1 Å². The van der Waals surface area contributed by atoms with Gasteiger partial charge < -0.3 is 39.4 Å². The van der Waals surface area contributed by atoms with E-state index in [1.807, 2.05) is 0 Å². The summed E-state index contributed by atoms with van der Waals surface area (Å²) in [5.74, 6) is 1.01. The van der Waals surface area contributed by atoms with Crippen molar-refractivity contribution >= 4 is 11.9 Å². The van der Waals surface area contributed by atoms with Gasteiger partial charge in [-0.1, -0.05) is 0 Å². The van der Waals surface area contributed by atoms with Crippen molar-refractivity contribution < 1.29 is 18.9 Å². The number of anilines is 2. The highest BCUT2D eigenvalue weighted by Crippen LogP contribution is 2.36. The van der Waals surface area contributed by atoms with Crippen molar-refractivity contribution in [1.82, 2.24) is 40.5 Å². The van der Waals surface area contributed by atoms with Crippen LogP contribution in [0.2, 0.25) is 0 Å². The van der Waals surface area contributed by atoms with E-state index in [0.717, 1.165) is 25.7 Å². The summed E-state index contributed by atoms with van der Waals surface area (Å²) in [6.07, 6.45) is 3.53. The van der Waals surface area contributed by atoms with Crippen molar-refractivity contribution in [1.29, 1.82) is 0 Å². The molecule has 14 heteroatoms. The lowest BCUT2D eigenvalue weighted by molar-refractivity contribution is 0.153. The number of hydrogen-bond acceptors (Lipinski definition) is 14. The molecule has 4 heterocycles. The minimum atomic E-state index is -0.108. The molecule has 0 bridgehead atoms. The molecule has 0 unspecified atom stereocenters. The van der Waals surface area contributed by atoms with Gasteiger partial charge in [0.1, 0.15) is 0 Å². The van der Waals surface area contributed by atoms with Gasteiger partial charge >= 0.3 is 24.0 Å². The summed E-state index contributed by atoms with van der Waals surface area (Å²) >= 11 is 0. The third-order valence-electron chi connectivity index (χ3n) is 8.21. The predicted octanol–water partition coefficient (Wildman–Crippen LogP) is 3.02. The molecule has 0 saturated carbocycles. The highest BCUT2D eigenvalue weighted by Gasteiger charge is 2.43. The second kappa shape index (κ2) is 12.6. The minimum absolute atomic E-state index is 0.108. The standard InChI is InChI=1S/C30H52N10O4/c1-27(2)15-19(16-28(3,4)37-27)39(21-31-23(41-9)35-24(32-21)42-10)13-14-40(20-17-29(5,6)38-30(7,8)18-20)22-33-25(43-11)36-26(34-22)44-12/h19-20,37-38H,13-18H2,1-12H3. The Bertz CT molecular complexity index is 1110. The molecule has 2 N–H and O–H groups in total. The van der Waals surface area contributed by atoms with E-state index in [2.05, 4.69) is 85.8 Å². The van der Waals surface area contributed by atoms with Crippen LogP contribution in [0.5, 0.6) is 24.0 Å². The summed E-state index contributed by atoms with van der Waals surface area (Å²) in [5.41, 5.74) is -0.430. The molecule has 2 fully saturated rings. The number of rotatable bonds is 11. The maximum absolute atomic E-state index is 5.45. The molecule has 2 aromatic rings. The van der Waals surface area contributed by atoms with E-state index in [0.29, 0.717) is 25.0 Å². The molecule has 2 aliphatic rings. The molecular formula is C30H52N10O4. The van der Waals surface area contributed by atoms with Crippen LogP contribution in [-0.4, -0.2) is 106 Å². The van der Waals surface area contributed by atoms with Crippen molar-refractivity contribution in [3.8, 4) is 24.0 Å². The second-order valence-corrected chi connectivity index (χ2v) is 14.5. The van der Waals surface area contributed by atoms with E-state index >= 15 is 0 Å². The molecule has 0 atom stereocenters. The summed E-state index contributed by atoms with van der Waals surface area (Å²) in [5, 5.41) is 7.60. The van der Waals surface area contributed by atoms with Crippen LogP contribution in [0.1, 0.15) is 81.1 Å². The number of hydrogen-bond donors (Lipinski definition) is 2. The van der Waals surface area contributed by atoms with E-state index in [9.17, 15) is 0 Å². The van der Waals surface area contributed by atoms with E-state index in [1.165, 1.54) is 0 Å². The van der Waals surface area contributed by atoms with E-state index in [1.54, 1.807) is 28.4 Å². The Balaban J connectivity index is 1.79. The van der Waals surface area contributed by atoms with Crippen LogP contribution < -0.4 is 39.4 Å². The Hall–Kier alpha value is -3.26. The van der Waals surface area contributed by atoms with Crippen molar-refractivity contribution in [2.75, 3.05) is 51.3 Å². The van der Waals surface area contributed by atoms with Crippen molar-refractivity contribution in [3.05, 3.63) is 0 Å². The zero-order chi connectivity index (χ0) is 32.5. The molecule has 0 aliphatic carbocycles. The number of aromatic nitrogens is 6. The molecule has 4 rings (SSSR count). The quantitative estimate of drug-likeness (QED) is 0.381. The summed E-state index contributed by atoms with van der Waals surface area (Å²) in [6, 6.07) is 1.04. The Morgan fingerprint density at radius 3 is 0.977 bits per heavy atom. The first-order chi connectivity index (χ1) is 20.5. The molecule has 0 spiro atoms. The van der Waals surface area contributed by atoms with Gasteiger partial charge in [0.15, 0.2) is 0 Å². The summed E-state index contributed by atoms with van der Waals surface area (Å²) in [7, 11) is 6.18. The zero-order valence-corrected chi connectivity index (χ0v) is 28.6. The van der Waals surface area contributed by atoms with Gasteiger partial charge in [-0.2, -0.15) is 19.9 Å². The van der Waals surface area contributed by atoms with Crippen LogP contribution in [0, 0.1) is 0 Å². The van der Waals surface area contributed by atoms with Crippen LogP contribution in [0.15, 0.2) is 0 Å². The lowest BCUT2D eigenvalue weighted by Gasteiger charge is -2.51. The number of nitrogens with zero attached hydrogens (tertiary/aromatic N) is 8. The van der Waals surface area contributed by atoms with Gasteiger partial charge in [0.25, 0.3) is 0 Å². The van der Waals surface area contributed by atoms with Gasteiger partial charge in [-0.15, -0.1) is 9.97 Å². The highest BCUT2D eigenvalue weighted by molar-refractivity contribution is 5.39. The first kappa shape index (κ1) is 33.6. The van der Waals surface area contributed by atoms with Gasteiger partial charge in [-0.25, -0.2) is 0 Å². The highest BCUT2D eigenvalue weighted by atomic mass is 16.5. The smallest absolute Gasteiger partial charge is 0.324 e. The lowest BCUT2D eigenvalue weighted by Crippen LogP contribution is -2.64. The average Bonchev–Trinajstić information content (AvgIpc) is 2.91. The summed E-state index contributed by atoms with van der Waals surface area (Å²) in [4.78, 5) is 31.9. The summed E-state index contributed by atoms with van der Waals surface area (Å²) in [6.45, 7) is 19.1. The Morgan fingerprint density at radius 2 is 0.750 bits per heavy atom. The molecule has 44 heavy (non-hydrogen) atoms. The molecule has 246 valence electrons. The Kier molecular flexibility index (Phi) is 9.65. The second-order valence-electron chi connectivity index (χ2n) is 14.5.